The predicted molar refractivity (Wildman–Crippen MR) is 217 cm³/mol. The van der Waals surface area contributed by atoms with Crippen LogP contribution in [0.1, 0.15) is 214 Å². The number of carbonyl (C=O) groups excluding carboxylic acids is 2. The zero-order chi connectivity index (χ0) is 38.2. The van der Waals surface area contributed by atoms with Crippen LogP contribution in [0.5, 0.6) is 0 Å². The molecule has 0 amide bonds. The number of aliphatic hydroxyl groups excluding tert-OH is 1. The molecule has 0 aromatic carbocycles. The summed E-state index contributed by atoms with van der Waals surface area (Å²) in [5.41, 5.74) is 0. The standard InChI is InChI=1S/C44H87NO7/c1-5-8-11-14-17-18-24-29-35-51-43(47)33-28-23-19-22-27-32-42(45-40(4)50-38-37-49-36-34-46)44(48)52-39-41(30-25-20-15-12-9-6-2)31-26-21-16-13-10-7-3/h40-42,45-46H,5-39H2,1-4H3. The lowest BCUT2D eigenvalue weighted by molar-refractivity contribution is -0.149. The van der Waals surface area contributed by atoms with Crippen molar-refractivity contribution in [1.82, 2.24) is 5.32 Å². The number of carbonyl (C=O) groups is 2. The Morgan fingerprint density at radius 3 is 1.56 bits per heavy atom. The van der Waals surface area contributed by atoms with Gasteiger partial charge in [0, 0.05) is 6.42 Å². The van der Waals surface area contributed by atoms with E-state index < -0.39 is 6.04 Å². The molecule has 0 aliphatic heterocycles. The van der Waals surface area contributed by atoms with Crippen molar-refractivity contribution >= 4 is 11.9 Å². The van der Waals surface area contributed by atoms with E-state index in [1.54, 1.807) is 0 Å². The minimum Gasteiger partial charge on any atom is -0.466 e. The van der Waals surface area contributed by atoms with Crippen molar-refractivity contribution in [1.29, 1.82) is 0 Å². The first-order chi connectivity index (χ1) is 25.5. The van der Waals surface area contributed by atoms with Crippen molar-refractivity contribution in [2.45, 2.75) is 226 Å². The number of nitrogens with one attached hydrogen (secondary N) is 1. The van der Waals surface area contributed by atoms with Crippen LogP contribution in [0.3, 0.4) is 0 Å². The van der Waals surface area contributed by atoms with Crippen LogP contribution >= 0.6 is 0 Å². The van der Waals surface area contributed by atoms with Gasteiger partial charge in [-0.1, -0.05) is 168 Å². The van der Waals surface area contributed by atoms with E-state index in [9.17, 15) is 9.59 Å². The molecule has 0 fully saturated rings. The number of aliphatic hydroxyl groups is 1. The normalized spacial score (nSPS) is 12.7. The highest BCUT2D eigenvalue weighted by atomic mass is 16.5. The predicted octanol–water partition coefficient (Wildman–Crippen LogP) is 11.4. The van der Waals surface area contributed by atoms with Crippen LogP contribution in [-0.2, 0) is 28.5 Å². The molecule has 0 saturated carbocycles. The molecule has 52 heavy (non-hydrogen) atoms. The van der Waals surface area contributed by atoms with Crippen molar-refractivity contribution in [3.63, 3.8) is 0 Å². The van der Waals surface area contributed by atoms with Crippen molar-refractivity contribution in [3.8, 4) is 0 Å². The van der Waals surface area contributed by atoms with E-state index in [4.69, 9.17) is 24.1 Å². The molecule has 8 nitrogen and oxygen atoms in total. The first-order valence-electron chi connectivity index (χ1n) is 22.4. The van der Waals surface area contributed by atoms with Crippen LogP contribution in [0.2, 0.25) is 0 Å². The lowest BCUT2D eigenvalue weighted by Crippen LogP contribution is -2.44. The Hall–Kier alpha value is -1.22. The molecular formula is C44H87NO7. The van der Waals surface area contributed by atoms with Gasteiger partial charge in [0.2, 0.25) is 0 Å². The third-order valence-electron chi connectivity index (χ3n) is 10.1. The summed E-state index contributed by atoms with van der Waals surface area (Å²) in [4.78, 5) is 25.6. The highest BCUT2D eigenvalue weighted by molar-refractivity contribution is 5.75. The highest BCUT2D eigenvalue weighted by Crippen LogP contribution is 2.21. The minimum absolute atomic E-state index is 0.0101. The van der Waals surface area contributed by atoms with Gasteiger partial charge >= 0.3 is 11.9 Å². The Morgan fingerprint density at radius 2 is 1.02 bits per heavy atom. The van der Waals surface area contributed by atoms with Crippen LogP contribution in [-0.4, -0.2) is 69.0 Å². The Morgan fingerprint density at radius 1 is 0.538 bits per heavy atom. The van der Waals surface area contributed by atoms with E-state index in [0.717, 1.165) is 57.8 Å². The first-order valence-corrected chi connectivity index (χ1v) is 22.4. The summed E-state index contributed by atoms with van der Waals surface area (Å²) in [6.45, 7) is 10.8. The van der Waals surface area contributed by atoms with Gasteiger partial charge in [0.05, 0.1) is 39.6 Å². The zero-order valence-corrected chi connectivity index (χ0v) is 34.9. The molecule has 310 valence electrons. The van der Waals surface area contributed by atoms with Crippen LogP contribution in [0.25, 0.3) is 0 Å². The summed E-state index contributed by atoms with van der Waals surface area (Å²) in [6.07, 6.45) is 33.2. The second kappa shape index (κ2) is 41.0. The van der Waals surface area contributed by atoms with Gasteiger partial charge in [-0.2, -0.15) is 0 Å². The van der Waals surface area contributed by atoms with Crippen LogP contribution in [0.4, 0.5) is 0 Å². The van der Waals surface area contributed by atoms with Gasteiger partial charge in [-0.15, -0.1) is 0 Å². The van der Waals surface area contributed by atoms with E-state index in [2.05, 4.69) is 26.1 Å². The van der Waals surface area contributed by atoms with Gasteiger partial charge in [-0.25, -0.2) is 0 Å². The highest BCUT2D eigenvalue weighted by Gasteiger charge is 2.23. The molecule has 8 heteroatoms. The third-order valence-corrected chi connectivity index (χ3v) is 10.1. The maximum Gasteiger partial charge on any atom is 0.323 e. The number of unbranched alkanes of at least 4 members (excludes halogenated alkanes) is 21. The van der Waals surface area contributed by atoms with Crippen LogP contribution < -0.4 is 5.32 Å². The third kappa shape index (κ3) is 35.8. The molecule has 2 unspecified atom stereocenters. The van der Waals surface area contributed by atoms with Gasteiger partial charge in [-0.05, 0) is 44.9 Å². The summed E-state index contributed by atoms with van der Waals surface area (Å²) >= 11 is 0. The van der Waals surface area contributed by atoms with Gasteiger partial charge in [0.15, 0.2) is 0 Å². The van der Waals surface area contributed by atoms with E-state index >= 15 is 0 Å². The molecule has 0 aromatic rings. The Kier molecular flexibility index (Phi) is 40.0. The van der Waals surface area contributed by atoms with Crippen molar-refractivity contribution < 1.29 is 33.6 Å². The van der Waals surface area contributed by atoms with Gasteiger partial charge in [0.25, 0.3) is 0 Å². The number of ether oxygens (including phenoxy) is 4. The van der Waals surface area contributed by atoms with E-state index in [1.807, 2.05) is 6.92 Å². The Labute approximate surface area is 322 Å². The van der Waals surface area contributed by atoms with E-state index in [0.29, 0.717) is 51.8 Å². The van der Waals surface area contributed by atoms with E-state index in [-0.39, 0.29) is 24.8 Å². The molecule has 0 aliphatic carbocycles. The number of hydrogen-bond donors (Lipinski definition) is 2. The zero-order valence-electron chi connectivity index (χ0n) is 34.9. The SMILES string of the molecule is CCCCCCCCCCOC(=O)CCCCCCCC(NC(C)OCCOCCO)C(=O)OCC(CCCCCCCC)CCCCCCCC. The second-order valence-electron chi connectivity index (χ2n) is 15.2. The molecule has 2 N–H and O–H groups in total. The molecular weight excluding hydrogens is 654 g/mol. The quantitative estimate of drug-likeness (QED) is 0.0362. The topological polar surface area (TPSA) is 103 Å². The summed E-state index contributed by atoms with van der Waals surface area (Å²) in [6, 6.07) is -0.427. The largest absolute Gasteiger partial charge is 0.466 e. The number of rotatable bonds is 42. The maximum atomic E-state index is 13.5. The fourth-order valence-corrected chi connectivity index (χ4v) is 6.73. The van der Waals surface area contributed by atoms with E-state index in [1.165, 1.54) is 116 Å². The average Bonchev–Trinajstić information content (AvgIpc) is 3.14. The lowest BCUT2D eigenvalue weighted by Gasteiger charge is -2.24. The number of hydrogen-bond acceptors (Lipinski definition) is 8. The molecule has 0 saturated heterocycles. The summed E-state index contributed by atoms with van der Waals surface area (Å²) in [7, 11) is 0. The Bertz CT molecular complexity index is 736. The van der Waals surface area contributed by atoms with Crippen molar-refractivity contribution in [2.75, 3.05) is 39.6 Å². The molecule has 2 atom stereocenters. The van der Waals surface area contributed by atoms with Crippen LogP contribution in [0, 0.1) is 5.92 Å². The lowest BCUT2D eigenvalue weighted by atomic mass is 9.94. The summed E-state index contributed by atoms with van der Waals surface area (Å²) in [5.74, 6) is 0.172. The molecule has 0 aromatic heterocycles. The second-order valence-corrected chi connectivity index (χ2v) is 15.2. The molecule has 0 heterocycles. The fraction of sp³-hybridized carbons (Fsp3) is 0.955. The maximum absolute atomic E-state index is 13.5. The summed E-state index contributed by atoms with van der Waals surface area (Å²) < 4.78 is 22.7. The van der Waals surface area contributed by atoms with Crippen molar-refractivity contribution in [2.24, 2.45) is 5.92 Å². The smallest absolute Gasteiger partial charge is 0.323 e. The monoisotopic (exact) mass is 742 g/mol. The van der Waals surface area contributed by atoms with Gasteiger partial charge < -0.3 is 24.1 Å². The van der Waals surface area contributed by atoms with Gasteiger partial charge in [-0.3, -0.25) is 14.9 Å². The molecule has 0 radical (unpaired) electrons. The molecule has 0 spiro atoms. The van der Waals surface area contributed by atoms with Crippen LogP contribution in [0.15, 0.2) is 0 Å². The molecule has 0 bridgehead atoms. The summed E-state index contributed by atoms with van der Waals surface area (Å²) in [5, 5.41) is 12.3. The molecule has 0 rings (SSSR count). The average molecular weight is 742 g/mol. The Balaban J connectivity index is 4.68. The first kappa shape index (κ1) is 50.8. The van der Waals surface area contributed by atoms with Crippen molar-refractivity contribution in [3.05, 3.63) is 0 Å². The fourth-order valence-electron chi connectivity index (χ4n) is 6.73. The van der Waals surface area contributed by atoms with Gasteiger partial charge in [0.1, 0.15) is 12.3 Å². The minimum atomic E-state index is -0.427. The molecule has 0 aliphatic rings. The number of esters is 2.